The largest absolute Gasteiger partial charge is 0.497 e. The second kappa shape index (κ2) is 13.6. The van der Waals surface area contributed by atoms with Crippen LogP contribution in [0.25, 0.3) is 11.3 Å². The number of methoxy groups -OCH3 is 3. The van der Waals surface area contributed by atoms with E-state index in [0.29, 0.717) is 48.2 Å². The van der Waals surface area contributed by atoms with E-state index in [1.807, 2.05) is 12.1 Å². The van der Waals surface area contributed by atoms with Crippen molar-refractivity contribution in [3.63, 3.8) is 0 Å². The number of halogens is 1. The summed E-state index contributed by atoms with van der Waals surface area (Å²) >= 11 is 6.66. The SMILES string of the molecule is COc1ccc(-c2oc3c(c2CC(=O)NCC2(N4CCOCC4)CCCCC2)C(=O)C2(Oc4c(Cl)c(OC)cc(OC)c4C2=O)C(C)C3)cc1. The Hall–Kier alpha value is -4.06. The Kier molecular flexibility index (Phi) is 9.34. The molecule has 1 saturated heterocycles. The summed E-state index contributed by atoms with van der Waals surface area (Å²) < 4.78 is 34.8. The average molecular weight is 707 g/mol. The first-order valence-corrected chi connectivity index (χ1v) is 17.7. The molecule has 3 heterocycles. The quantitative estimate of drug-likeness (QED) is 0.277. The molecule has 1 N–H and O–H groups in total. The zero-order valence-corrected chi connectivity index (χ0v) is 29.7. The lowest BCUT2D eigenvalue weighted by Gasteiger charge is -2.48. The van der Waals surface area contributed by atoms with E-state index < -0.39 is 23.1 Å². The third-order valence-corrected chi connectivity index (χ3v) is 11.4. The molecule has 2 aliphatic heterocycles. The highest BCUT2D eigenvalue weighted by Gasteiger charge is 2.63. The summed E-state index contributed by atoms with van der Waals surface area (Å²) in [6, 6.07) is 8.75. The van der Waals surface area contributed by atoms with Crippen LogP contribution < -0.4 is 24.3 Å². The first-order valence-electron chi connectivity index (χ1n) is 17.3. The Morgan fingerprint density at radius 3 is 2.30 bits per heavy atom. The van der Waals surface area contributed by atoms with Gasteiger partial charge < -0.3 is 33.4 Å². The first-order chi connectivity index (χ1) is 24.2. The molecule has 2 unspecified atom stereocenters. The molecular weight excluding hydrogens is 664 g/mol. The topological polar surface area (TPSA) is 126 Å². The molecule has 50 heavy (non-hydrogen) atoms. The van der Waals surface area contributed by atoms with Crippen LogP contribution in [0.5, 0.6) is 23.0 Å². The maximum absolute atomic E-state index is 14.9. The maximum Gasteiger partial charge on any atom is 0.237 e. The van der Waals surface area contributed by atoms with Gasteiger partial charge in [-0.25, -0.2) is 0 Å². The Morgan fingerprint density at radius 1 is 0.960 bits per heavy atom. The number of hydrogen-bond acceptors (Lipinski definition) is 10. The lowest BCUT2D eigenvalue weighted by Crippen LogP contribution is -2.59. The number of nitrogens with one attached hydrogen (secondary N) is 1. The van der Waals surface area contributed by atoms with E-state index in [9.17, 15) is 14.4 Å². The van der Waals surface area contributed by atoms with Gasteiger partial charge in [0.15, 0.2) is 5.75 Å². The number of furan rings is 1. The number of hydrogen-bond donors (Lipinski definition) is 1. The fourth-order valence-electron chi connectivity index (χ4n) is 8.31. The van der Waals surface area contributed by atoms with Crippen molar-refractivity contribution in [1.82, 2.24) is 10.2 Å². The highest BCUT2D eigenvalue weighted by Crippen LogP contribution is 2.54. The van der Waals surface area contributed by atoms with Gasteiger partial charge in [0.2, 0.25) is 23.1 Å². The molecule has 2 atom stereocenters. The van der Waals surface area contributed by atoms with Crippen molar-refractivity contribution < 1.29 is 42.5 Å². The first kappa shape index (κ1) is 34.4. The number of amides is 1. The fourth-order valence-corrected chi connectivity index (χ4v) is 8.58. The standard InChI is InChI=1S/C38H43ClN2O9/c1-22-18-27-30(35(43)38(22)36(44)31-26(46-3)20-28(47-4)32(39)34(31)50-38)25(33(49-27)23-8-10-24(45-2)11-9-23)19-29(42)40-21-37(12-6-5-7-13-37)41-14-16-48-17-15-41/h8-11,20,22H,5-7,12-19,21H2,1-4H3,(H,40,42). The predicted molar refractivity (Wildman–Crippen MR) is 185 cm³/mol. The molecule has 0 radical (unpaired) electrons. The van der Waals surface area contributed by atoms with Gasteiger partial charge in [0.25, 0.3) is 0 Å². The van der Waals surface area contributed by atoms with Crippen LogP contribution in [0, 0.1) is 5.92 Å². The molecule has 1 amide bonds. The van der Waals surface area contributed by atoms with Gasteiger partial charge in [0.1, 0.15) is 39.4 Å². The van der Waals surface area contributed by atoms with Crippen LogP contribution in [0.1, 0.15) is 71.1 Å². The van der Waals surface area contributed by atoms with Crippen LogP contribution in [0.4, 0.5) is 0 Å². The summed E-state index contributed by atoms with van der Waals surface area (Å²) in [5.74, 6) is -0.0711. The molecule has 7 rings (SSSR count). The van der Waals surface area contributed by atoms with Crippen molar-refractivity contribution >= 4 is 29.1 Å². The van der Waals surface area contributed by atoms with Gasteiger partial charge in [-0.05, 0) is 37.1 Å². The number of morpholine rings is 1. The molecule has 2 fully saturated rings. The Morgan fingerprint density at radius 2 is 1.64 bits per heavy atom. The summed E-state index contributed by atoms with van der Waals surface area (Å²) in [5, 5.41) is 3.31. The fraction of sp³-hybridized carbons (Fsp3) is 0.500. The van der Waals surface area contributed by atoms with E-state index in [1.54, 1.807) is 26.2 Å². The molecule has 12 heteroatoms. The average Bonchev–Trinajstić information content (AvgIpc) is 3.66. The Bertz CT molecular complexity index is 1810. The zero-order chi connectivity index (χ0) is 35.2. The van der Waals surface area contributed by atoms with E-state index >= 15 is 0 Å². The summed E-state index contributed by atoms with van der Waals surface area (Å²) in [5.41, 5.74) is -0.726. The van der Waals surface area contributed by atoms with Crippen LogP contribution in [0.15, 0.2) is 34.7 Å². The van der Waals surface area contributed by atoms with Crippen molar-refractivity contribution in [2.75, 3.05) is 54.2 Å². The normalized spacial score (nSPS) is 22.9. The van der Waals surface area contributed by atoms with Crippen LogP contribution >= 0.6 is 11.6 Å². The number of carbonyl (C=O) groups excluding carboxylic acids is 3. The van der Waals surface area contributed by atoms with Crippen molar-refractivity contribution in [1.29, 1.82) is 0 Å². The van der Waals surface area contributed by atoms with E-state index in [2.05, 4.69) is 10.2 Å². The van der Waals surface area contributed by atoms with Crippen molar-refractivity contribution in [2.45, 2.75) is 63.0 Å². The Balaban J connectivity index is 1.26. The lowest BCUT2D eigenvalue weighted by molar-refractivity contribution is -0.121. The van der Waals surface area contributed by atoms with E-state index in [1.165, 1.54) is 26.7 Å². The molecule has 266 valence electrons. The second-order valence-electron chi connectivity index (χ2n) is 13.7. The third kappa shape index (κ3) is 5.54. The number of Topliss-reactive ketones (excluding diaryl/α,β-unsaturated/α-hetero) is 2. The molecule has 2 aromatic carbocycles. The van der Waals surface area contributed by atoms with Gasteiger partial charge in [0, 0.05) is 54.7 Å². The molecule has 11 nitrogen and oxygen atoms in total. The number of rotatable bonds is 9. The molecule has 1 aromatic heterocycles. The minimum Gasteiger partial charge on any atom is -0.497 e. The number of ketones is 2. The van der Waals surface area contributed by atoms with Gasteiger partial charge in [0.05, 0.1) is 46.5 Å². The summed E-state index contributed by atoms with van der Waals surface area (Å²) in [4.78, 5) is 45.8. The monoisotopic (exact) mass is 706 g/mol. The summed E-state index contributed by atoms with van der Waals surface area (Å²) in [6.07, 6.45) is 5.48. The second-order valence-corrected chi connectivity index (χ2v) is 14.1. The number of fused-ring (bicyclic) bond motifs is 2. The van der Waals surface area contributed by atoms with Gasteiger partial charge in [-0.3, -0.25) is 19.3 Å². The molecule has 1 saturated carbocycles. The van der Waals surface area contributed by atoms with Crippen LogP contribution in [0.2, 0.25) is 5.02 Å². The molecule has 4 aliphatic rings. The lowest BCUT2D eigenvalue weighted by atomic mass is 9.70. The molecule has 3 aromatic rings. The van der Waals surface area contributed by atoms with Gasteiger partial charge in [-0.2, -0.15) is 0 Å². The van der Waals surface area contributed by atoms with Gasteiger partial charge in [-0.15, -0.1) is 0 Å². The molecular formula is C38H43ClN2O9. The Labute approximate surface area is 296 Å². The van der Waals surface area contributed by atoms with Crippen molar-refractivity contribution in [3.8, 4) is 34.3 Å². The van der Waals surface area contributed by atoms with Crippen LogP contribution in [-0.2, 0) is 22.4 Å². The number of carbonyl (C=O) groups is 3. The van der Waals surface area contributed by atoms with Crippen LogP contribution in [-0.4, -0.2) is 87.7 Å². The van der Waals surface area contributed by atoms with Crippen molar-refractivity contribution in [3.05, 3.63) is 57.8 Å². The maximum atomic E-state index is 14.9. The summed E-state index contributed by atoms with van der Waals surface area (Å²) in [6.45, 7) is 5.30. The molecule has 2 aliphatic carbocycles. The predicted octanol–water partition coefficient (Wildman–Crippen LogP) is 5.71. The van der Waals surface area contributed by atoms with Crippen LogP contribution in [0.3, 0.4) is 0 Å². The highest BCUT2D eigenvalue weighted by molar-refractivity contribution is 6.36. The van der Waals surface area contributed by atoms with Crippen molar-refractivity contribution in [2.24, 2.45) is 5.92 Å². The third-order valence-electron chi connectivity index (χ3n) is 11.0. The minimum atomic E-state index is -1.94. The van der Waals surface area contributed by atoms with E-state index in [0.717, 1.165) is 38.8 Å². The minimum absolute atomic E-state index is 0.0376. The molecule has 0 bridgehead atoms. The number of ether oxygens (including phenoxy) is 5. The van der Waals surface area contributed by atoms with Gasteiger partial charge >= 0.3 is 0 Å². The number of benzene rings is 2. The number of nitrogens with zero attached hydrogens (tertiary/aromatic N) is 1. The van der Waals surface area contributed by atoms with Gasteiger partial charge in [-0.1, -0.05) is 37.8 Å². The highest BCUT2D eigenvalue weighted by atomic mass is 35.5. The molecule has 1 spiro atoms. The smallest absolute Gasteiger partial charge is 0.237 e. The zero-order valence-electron chi connectivity index (χ0n) is 28.9. The van der Waals surface area contributed by atoms with E-state index in [-0.39, 0.29) is 57.7 Å². The summed E-state index contributed by atoms with van der Waals surface area (Å²) in [7, 11) is 4.45. The van der Waals surface area contributed by atoms with E-state index in [4.69, 9.17) is 39.7 Å².